The number of halogens is 1. The van der Waals surface area contributed by atoms with Crippen LogP contribution in [0.2, 0.25) is 5.02 Å². The molecular weight excluding hydrogens is 494 g/mol. The summed E-state index contributed by atoms with van der Waals surface area (Å²) in [5, 5.41) is 37.6. The molecule has 10 heteroatoms. The molecule has 0 saturated heterocycles. The lowest BCUT2D eigenvalue weighted by Crippen LogP contribution is -2.35. The molecule has 5 N–H and O–H groups in total. The predicted octanol–water partition coefficient (Wildman–Crippen LogP) is 4.71. The Hall–Kier alpha value is -4.37. The van der Waals surface area contributed by atoms with Crippen molar-refractivity contribution in [1.82, 2.24) is 5.32 Å². The maximum Gasteiger partial charge on any atom is 0.217 e. The molecule has 3 aromatic carbocycles. The third-order valence-electron chi connectivity index (χ3n) is 5.39. The maximum absolute atomic E-state index is 10.5. The molecule has 0 unspecified atom stereocenters. The van der Waals surface area contributed by atoms with E-state index in [9.17, 15) is 4.79 Å². The number of aromatic hydroxyl groups is 2. The lowest BCUT2D eigenvalue weighted by Gasteiger charge is -2.24. The fraction of sp³-hybridized carbons (Fsp3) is 0.185. The van der Waals surface area contributed by atoms with Crippen molar-refractivity contribution in [1.29, 1.82) is 10.8 Å². The highest BCUT2D eigenvalue weighted by Gasteiger charge is 2.25. The van der Waals surface area contributed by atoms with Gasteiger partial charge in [0.05, 0.1) is 25.1 Å². The van der Waals surface area contributed by atoms with E-state index in [0.717, 1.165) is 28.1 Å². The second-order valence-electron chi connectivity index (χ2n) is 8.16. The van der Waals surface area contributed by atoms with Crippen LogP contribution in [0.15, 0.2) is 65.7 Å². The molecule has 0 atom stereocenters. The molecule has 0 aliphatic carbocycles. The van der Waals surface area contributed by atoms with E-state index in [1.54, 1.807) is 25.0 Å². The van der Waals surface area contributed by atoms with Gasteiger partial charge in [-0.05, 0) is 55.0 Å². The first-order chi connectivity index (χ1) is 17.6. The Morgan fingerprint density at radius 3 is 2.38 bits per heavy atom. The zero-order valence-corrected chi connectivity index (χ0v) is 21.4. The van der Waals surface area contributed by atoms with Crippen LogP contribution >= 0.6 is 11.6 Å². The third-order valence-corrected chi connectivity index (χ3v) is 5.64. The standard InChI is InChI=1S/C18H17ClN4O.C9H11NO3/c1-11(20)23-16-8-7-14(24-2)9-15(16)18(22-10-17(23)21)12-3-5-13(19)6-4-12;1-6(11)10-5-7-2-3-8(12)9(13)4-7/h3-9,20-21H,10H2,1-2H3;2-4,12-13H,5H2,1H3,(H,10,11). The number of hydrogen-bond donors (Lipinski definition) is 5. The van der Waals surface area contributed by atoms with Gasteiger partial charge in [-0.2, -0.15) is 0 Å². The number of anilines is 1. The van der Waals surface area contributed by atoms with Crippen LogP contribution < -0.4 is 15.0 Å². The van der Waals surface area contributed by atoms with Crippen LogP contribution in [0, 0.1) is 10.8 Å². The topological polar surface area (TPSA) is 142 Å². The summed E-state index contributed by atoms with van der Waals surface area (Å²) in [6.45, 7) is 3.63. The Balaban J connectivity index is 0.000000248. The van der Waals surface area contributed by atoms with Crippen LogP contribution in [-0.4, -0.2) is 47.2 Å². The van der Waals surface area contributed by atoms with Gasteiger partial charge < -0.3 is 20.3 Å². The number of amidine groups is 2. The van der Waals surface area contributed by atoms with Crippen LogP contribution in [-0.2, 0) is 11.3 Å². The van der Waals surface area contributed by atoms with E-state index >= 15 is 0 Å². The predicted molar refractivity (Wildman–Crippen MR) is 146 cm³/mol. The first kappa shape index (κ1) is 27.2. The number of benzodiazepines with no additional fused rings is 1. The Bertz CT molecular complexity index is 1360. The highest BCUT2D eigenvalue weighted by molar-refractivity contribution is 6.31. The first-order valence-electron chi connectivity index (χ1n) is 11.3. The van der Waals surface area contributed by atoms with Crippen LogP contribution in [0.5, 0.6) is 17.2 Å². The average molecular weight is 522 g/mol. The van der Waals surface area contributed by atoms with E-state index in [2.05, 4.69) is 10.3 Å². The number of nitrogens with zero attached hydrogens (tertiary/aromatic N) is 2. The largest absolute Gasteiger partial charge is 0.504 e. The SMILES string of the molecule is CC(=O)NCc1ccc(O)c(O)c1.COc1ccc2c(c1)C(c1ccc(Cl)cc1)=NCC(=N)N2C(C)=N. The minimum atomic E-state index is -0.178. The first-order valence-corrected chi connectivity index (χ1v) is 11.6. The number of aliphatic imine (C=N–C) groups is 1. The van der Waals surface area contributed by atoms with Gasteiger partial charge in [-0.15, -0.1) is 0 Å². The molecule has 192 valence electrons. The highest BCUT2D eigenvalue weighted by atomic mass is 35.5. The Labute approximate surface area is 220 Å². The number of fused-ring (bicyclic) bond motifs is 1. The summed E-state index contributed by atoms with van der Waals surface area (Å²) >= 11 is 5.99. The van der Waals surface area contributed by atoms with Gasteiger partial charge in [0.25, 0.3) is 0 Å². The fourth-order valence-electron chi connectivity index (χ4n) is 3.63. The zero-order chi connectivity index (χ0) is 27.1. The molecule has 0 spiro atoms. The zero-order valence-electron chi connectivity index (χ0n) is 20.7. The van der Waals surface area contributed by atoms with Crippen molar-refractivity contribution < 1.29 is 19.7 Å². The Morgan fingerprint density at radius 2 is 1.78 bits per heavy atom. The number of rotatable bonds is 4. The molecule has 0 saturated carbocycles. The lowest BCUT2D eigenvalue weighted by atomic mass is 9.99. The van der Waals surface area contributed by atoms with Crippen LogP contribution in [0.1, 0.15) is 30.5 Å². The Kier molecular flexibility index (Phi) is 8.86. The van der Waals surface area contributed by atoms with E-state index in [1.807, 2.05) is 42.5 Å². The van der Waals surface area contributed by atoms with Gasteiger partial charge in [0.1, 0.15) is 17.4 Å². The number of methoxy groups -OCH3 is 1. The van der Waals surface area contributed by atoms with Crippen molar-refractivity contribution in [2.75, 3.05) is 18.6 Å². The monoisotopic (exact) mass is 521 g/mol. The van der Waals surface area contributed by atoms with Gasteiger partial charge in [0, 0.05) is 29.6 Å². The van der Waals surface area contributed by atoms with Crippen LogP contribution in [0.3, 0.4) is 0 Å². The van der Waals surface area contributed by atoms with Crippen molar-refractivity contribution in [2.24, 2.45) is 4.99 Å². The molecule has 1 aliphatic rings. The molecule has 0 fully saturated rings. The fourth-order valence-corrected chi connectivity index (χ4v) is 3.75. The smallest absolute Gasteiger partial charge is 0.217 e. The van der Waals surface area contributed by atoms with Crippen molar-refractivity contribution in [3.05, 3.63) is 82.4 Å². The van der Waals surface area contributed by atoms with Crippen molar-refractivity contribution in [2.45, 2.75) is 20.4 Å². The van der Waals surface area contributed by atoms with Gasteiger partial charge in [-0.1, -0.05) is 29.8 Å². The maximum atomic E-state index is 10.5. The number of phenolic OH excluding ortho intramolecular Hbond substituents is 2. The molecule has 0 radical (unpaired) electrons. The summed E-state index contributed by atoms with van der Waals surface area (Å²) in [5.74, 6) is 0.769. The van der Waals surface area contributed by atoms with E-state index in [1.165, 1.54) is 19.1 Å². The van der Waals surface area contributed by atoms with Crippen molar-refractivity contribution >= 4 is 40.6 Å². The number of hydrogen-bond acceptors (Lipinski definition) is 7. The highest BCUT2D eigenvalue weighted by Crippen LogP contribution is 2.31. The summed E-state index contributed by atoms with van der Waals surface area (Å²) in [7, 11) is 1.61. The summed E-state index contributed by atoms with van der Waals surface area (Å²) in [6, 6.07) is 17.4. The number of nitrogens with one attached hydrogen (secondary N) is 3. The molecule has 1 aliphatic heterocycles. The number of carbonyl (C=O) groups is 1. The number of phenols is 2. The number of benzene rings is 3. The summed E-state index contributed by atoms with van der Waals surface area (Å²) < 4.78 is 5.34. The number of ether oxygens (including phenoxy) is 1. The van der Waals surface area contributed by atoms with E-state index in [4.69, 9.17) is 37.4 Å². The van der Waals surface area contributed by atoms with E-state index < -0.39 is 0 Å². The molecule has 3 aromatic rings. The molecule has 1 amide bonds. The van der Waals surface area contributed by atoms with Crippen molar-refractivity contribution in [3.63, 3.8) is 0 Å². The van der Waals surface area contributed by atoms with E-state index in [0.29, 0.717) is 17.3 Å². The van der Waals surface area contributed by atoms with Gasteiger partial charge in [0.2, 0.25) is 5.91 Å². The van der Waals surface area contributed by atoms with Gasteiger partial charge >= 0.3 is 0 Å². The van der Waals surface area contributed by atoms with E-state index in [-0.39, 0.29) is 35.6 Å². The number of carbonyl (C=O) groups excluding carboxylic acids is 1. The average Bonchev–Trinajstić information content (AvgIpc) is 3.01. The van der Waals surface area contributed by atoms with Crippen molar-refractivity contribution in [3.8, 4) is 17.2 Å². The normalized spacial score (nSPS) is 12.4. The van der Waals surface area contributed by atoms with Crippen LogP contribution in [0.25, 0.3) is 0 Å². The number of amides is 1. The Morgan fingerprint density at radius 1 is 1.08 bits per heavy atom. The molecule has 9 nitrogen and oxygen atoms in total. The minimum absolute atomic E-state index is 0.132. The van der Waals surface area contributed by atoms with Gasteiger partial charge in [0.15, 0.2) is 11.5 Å². The molecule has 0 bridgehead atoms. The van der Waals surface area contributed by atoms with Gasteiger partial charge in [-0.3, -0.25) is 25.5 Å². The second-order valence-corrected chi connectivity index (χ2v) is 8.59. The van der Waals surface area contributed by atoms with Crippen LogP contribution in [0.4, 0.5) is 5.69 Å². The summed E-state index contributed by atoms with van der Waals surface area (Å²) in [5.41, 5.74) is 3.98. The quantitative estimate of drug-likeness (QED) is 0.192. The van der Waals surface area contributed by atoms with Gasteiger partial charge in [-0.25, -0.2) is 0 Å². The summed E-state index contributed by atoms with van der Waals surface area (Å²) in [6.07, 6.45) is 0. The minimum Gasteiger partial charge on any atom is -0.504 e. The molecule has 37 heavy (non-hydrogen) atoms. The summed E-state index contributed by atoms with van der Waals surface area (Å²) in [4.78, 5) is 16.8. The molecule has 1 heterocycles. The lowest BCUT2D eigenvalue weighted by molar-refractivity contribution is -0.119. The molecule has 4 rings (SSSR count). The molecular formula is C27H28ClN5O4. The second kappa shape index (κ2) is 12.0. The molecule has 0 aromatic heterocycles. The third kappa shape index (κ3) is 6.86.